The van der Waals surface area contributed by atoms with Crippen molar-refractivity contribution in [1.82, 2.24) is 4.90 Å². The van der Waals surface area contributed by atoms with E-state index >= 15 is 0 Å². The highest BCUT2D eigenvalue weighted by Gasteiger charge is 2.35. The molecule has 0 unspecified atom stereocenters. The topological polar surface area (TPSA) is 57.6 Å². The van der Waals surface area contributed by atoms with Gasteiger partial charge in [0.25, 0.3) is 5.91 Å². The lowest BCUT2D eigenvalue weighted by Crippen LogP contribution is -2.42. The molecule has 0 saturated carbocycles. The summed E-state index contributed by atoms with van der Waals surface area (Å²) in [6.45, 7) is -2.79. The molecule has 0 aliphatic carbocycles. The number of hydrogen-bond acceptors (Lipinski definition) is 2. The summed E-state index contributed by atoms with van der Waals surface area (Å²) < 4.78 is 37.1. The number of alkyl halides is 3. The number of carbonyl (C=O) groups is 2. The van der Waals surface area contributed by atoms with Crippen LogP contribution in [0.2, 0.25) is 10.0 Å². The Bertz CT molecular complexity index is 534. The molecular formula is C11H8Cl2F3NO3. The predicted molar refractivity (Wildman–Crippen MR) is 66.1 cm³/mol. The van der Waals surface area contributed by atoms with Gasteiger partial charge in [0.1, 0.15) is 13.1 Å². The second-order valence-corrected chi connectivity index (χ2v) is 4.56. The highest BCUT2D eigenvalue weighted by molar-refractivity contribution is 6.43. The largest absolute Gasteiger partial charge is 0.480 e. The minimum absolute atomic E-state index is 0.0141. The first-order chi connectivity index (χ1) is 9.11. The van der Waals surface area contributed by atoms with Crippen LogP contribution in [0.3, 0.4) is 0 Å². The Morgan fingerprint density at radius 3 is 2.35 bits per heavy atom. The Labute approximate surface area is 121 Å². The van der Waals surface area contributed by atoms with Crippen molar-refractivity contribution in [3.05, 3.63) is 33.8 Å². The number of nitrogens with zero attached hydrogens (tertiary/aromatic N) is 1. The quantitative estimate of drug-likeness (QED) is 0.923. The van der Waals surface area contributed by atoms with Gasteiger partial charge in [0.05, 0.1) is 15.6 Å². The maximum Gasteiger partial charge on any atom is 0.406 e. The predicted octanol–water partition coefficient (Wildman–Crippen LogP) is 3.08. The number of carboxylic acid groups (broad SMARTS) is 1. The summed E-state index contributed by atoms with van der Waals surface area (Å²) in [7, 11) is 0. The van der Waals surface area contributed by atoms with E-state index in [1.54, 1.807) is 0 Å². The molecule has 4 nitrogen and oxygen atoms in total. The maximum atomic E-state index is 12.4. The van der Waals surface area contributed by atoms with E-state index in [1.807, 2.05) is 0 Å². The summed E-state index contributed by atoms with van der Waals surface area (Å²) in [5.74, 6) is -2.72. The van der Waals surface area contributed by atoms with Gasteiger partial charge in [-0.2, -0.15) is 13.2 Å². The molecule has 0 atom stereocenters. The molecule has 1 rings (SSSR count). The lowest BCUT2D eigenvalue weighted by molar-refractivity contribution is -0.149. The fraction of sp³-hybridized carbons (Fsp3) is 0.273. The molecule has 0 radical (unpaired) electrons. The fourth-order valence-electron chi connectivity index (χ4n) is 1.42. The number of aliphatic carboxylic acids is 1. The fourth-order valence-corrected chi connectivity index (χ4v) is 1.80. The summed E-state index contributed by atoms with van der Waals surface area (Å²) in [6, 6.07) is 3.85. The maximum absolute atomic E-state index is 12.4. The van der Waals surface area contributed by atoms with E-state index in [0.29, 0.717) is 0 Å². The van der Waals surface area contributed by atoms with Crippen LogP contribution < -0.4 is 0 Å². The molecule has 0 bridgehead atoms. The zero-order valence-electron chi connectivity index (χ0n) is 9.75. The SMILES string of the molecule is O=C(O)CN(CC(F)(F)F)C(=O)c1cccc(Cl)c1Cl. The second kappa shape index (κ2) is 6.32. The van der Waals surface area contributed by atoms with E-state index < -0.39 is 31.1 Å². The van der Waals surface area contributed by atoms with E-state index in [4.69, 9.17) is 28.3 Å². The molecule has 110 valence electrons. The van der Waals surface area contributed by atoms with Gasteiger partial charge in [-0.15, -0.1) is 0 Å². The van der Waals surface area contributed by atoms with E-state index in [1.165, 1.54) is 18.2 Å². The first-order valence-corrected chi connectivity index (χ1v) is 5.89. The van der Waals surface area contributed by atoms with Crippen molar-refractivity contribution in [2.75, 3.05) is 13.1 Å². The Kier molecular flexibility index (Phi) is 5.24. The van der Waals surface area contributed by atoms with Crippen molar-refractivity contribution < 1.29 is 27.9 Å². The molecule has 0 aromatic heterocycles. The van der Waals surface area contributed by atoms with Gasteiger partial charge < -0.3 is 10.0 Å². The lowest BCUT2D eigenvalue weighted by atomic mass is 10.2. The van der Waals surface area contributed by atoms with E-state index in [9.17, 15) is 22.8 Å². The van der Waals surface area contributed by atoms with Crippen molar-refractivity contribution >= 4 is 35.1 Å². The Morgan fingerprint density at radius 2 is 1.85 bits per heavy atom. The normalized spacial score (nSPS) is 11.2. The minimum atomic E-state index is -4.73. The van der Waals surface area contributed by atoms with Crippen LogP contribution in [-0.4, -0.2) is 41.1 Å². The molecule has 9 heteroatoms. The van der Waals surface area contributed by atoms with E-state index in [0.717, 1.165) is 0 Å². The monoisotopic (exact) mass is 329 g/mol. The highest BCUT2D eigenvalue weighted by atomic mass is 35.5. The molecule has 1 amide bonds. The summed E-state index contributed by atoms with van der Waals surface area (Å²) in [4.78, 5) is 22.7. The average Bonchev–Trinajstić information content (AvgIpc) is 2.28. The highest BCUT2D eigenvalue weighted by Crippen LogP contribution is 2.27. The number of carbonyl (C=O) groups excluding carboxylic acids is 1. The van der Waals surface area contributed by atoms with Crippen molar-refractivity contribution in [3.63, 3.8) is 0 Å². The van der Waals surface area contributed by atoms with Crippen LogP contribution in [0.4, 0.5) is 13.2 Å². The smallest absolute Gasteiger partial charge is 0.406 e. The van der Waals surface area contributed by atoms with Gasteiger partial charge in [0.2, 0.25) is 0 Å². The molecule has 0 heterocycles. The Morgan fingerprint density at radius 1 is 1.25 bits per heavy atom. The van der Waals surface area contributed by atoms with Crippen molar-refractivity contribution in [2.24, 2.45) is 0 Å². The zero-order chi connectivity index (χ0) is 15.5. The first kappa shape index (κ1) is 16.6. The van der Waals surface area contributed by atoms with Gasteiger partial charge in [-0.25, -0.2) is 0 Å². The molecule has 20 heavy (non-hydrogen) atoms. The van der Waals surface area contributed by atoms with Crippen LogP contribution in [0.5, 0.6) is 0 Å². The van der Waals surface area contributed by atoms with Gasteiger partial charge in [0, 0.05) is 0 Å². The van der Waals surface area contributed by atoms with E-state index in [2.05, 4.69) is 0 Å². The van der Waals surface area contributed by atoms with Crippen molar-refractivity contribution in [3.8, 4) is 0 Å². The number of carboxylic acids is 1. The molecule has 1 aromatic carbocycles. The Hall–Kier alpha value is -1.47. The van der Waals surface area contributed by atoms with Crippen LogP contribution in [-0.2, 0) is 4.79 Å². The number of halogens is 5. The first-order valence-electron chi connectivity index (χ1n) is 5.13. The van der Waals surface area contributed by atoms with Crippen LogP contribution in [0.1, 0.15) is 10.4 Å². The van der Waals surface area contributed by atoms with Gasteiger partial charge in [-0.1, -0.05) is 29.3 Å². The number of rotatable bonds is 4. The molecule has 0 spiro atoms. The summed E-state index contributed by atoms with van der Waals surface area (Å²) >= 11 is 11.4. The third kappa shape index (κ3) is 4.57. The van der Waals surface area contributed by atoms with Crippen molar-refractivity contribution in [2.45, 2.75) is 6.18 Å². The van der Waals surface area contributed by atoms with Gasteiger partial charge >= 0.3 is 12.1 Å². The molecule has 0 aliphatic rings. The van der Waals surface area contributed by atoms with Gasteiger partial charge in [-0.05, 0) is 12.1 Å². The minimum Gasteiger partial charge on any atom is -0.480 e. The molecule has 1 N–H and O–H groups in total. The lowest BCUT2D eigenvalue weighted by Gasteiger charge is -2.22. The van der Waals surface area contributed by atoms with Crippen LogP contribution in [0.25, 0.3) is 0 Å². The summed E-state index contributed by atoms with van der Waals surface area (Å²) in [6.07, 6.45) is -4.73. The summed E-state index contributed by atoms with van der Waals surface area (Å²) in [5.41, 5.74) is -0.287. The van der Waals surface area contributed by atoms with Crippen LogP contribution >= 0.6 is 23.2 Å². The van der Waals surface area contributed by atoms with Gasteiger partial charge in [-0.3, -0.25) is 9.59 Å². The van der Waals surface area contributed by atoms with Crippen LogP contribution in [0, 0.1) is 0 Å². The second-order valence-electron chi connectivity index (χ2n) is 3.77. The van der Waals surface area contributed by atoms with Crippen LogP contribution in [0.15, 0.2) is 18.2 Å². The summed E-state index contributed by atoms with van der Waals surface area (Å²) in [5, 5.41) is 8.34. The number of amides is 1. The standard InChI is InChI=1S/C11H8Cl2F3NO3/c12-7-3-1-2-6(9(7)13)10(20)17(4-8(18)19)5-11(14,15)16/h1-3H,4-5H2,(H,18,19). The molecule has 1 aromatic rings. The molecular weight excluding hydrogens is 322 g/mol. The zero-order valence-corrected chi connectivity index (χ0v) is 11.3. The average molecular weight is 330 g/mol. The third-order valence-corrected chi connectivity index (χ3v) is 2.98. The van der Waals surface area contributed by atoms with Gasteiger partial charge in [0.15, 0.2) is 0 Å². The molecule has 0 aliphatic heterocycles. The molecule has 0 saturated heterocycles. The number of benzene rings is 1. The van der Waals surface area contributed by atoms with E-state index in [-0.39, 0.29) is 20.5 Å². The third-order valence-electron chi connectivity index (χ3n) is 2.17. The number of hydrogen-bond donors (Lipinski definition) is 1. The van der Waals surface area contributed by atoms with Crippen molar-refractivity contribution in [1.29, 1.82) is 0 Å². The Balaban J connectivity index is 3.10. The molecule has 0 fully saturated rings.